The average molecular weight is 423 g/mol. The summed E-state index contributed by atoms with van der Waals surface area (Å²) >= 11 is 6.23. The maximum atomic E-state index is 12.6. The number of hydrogen-bond acceptors (Lipinski definition) is 6. The third-order valence-electron chi connectivity index (χ3n) is 3.96. The van der Waals surface area contributed by atoms with Crippen molar-refractivity contribution in [1.29, 1.82) is 0 Å². The number of carbonyl (C=O) groups is 1. The Balaban J connectivity index is 1.92. The quantitative estimate of drug-likeness (QED) is 0.652. The van der Waals surface area contributed by atoms with Crippen molar-refractivity contribution in [2.45, 2.75) is 11.8 Å². The molecule has 0 atom stereocenters. The van der Waals surface area contributed by atoms with Gasteiger partial charge in [0.1, 0.15) is 16.2 Å². The summed E-state index contributed by atoms with van der Waals surface area (Å²) in [6.07, 6.45) is 0. The van der Waals surface area contributed by atoms with Crippen LogP contribution >= 0.6 is 11.6 Å². The number of fused-ring (bicyclic) bond motifs is 1. The van der Waals surface area contributed by atoms with E-state index < -0.39 is 15.9 Å². The van der Waals surface area contributed by atoms with Gasteiger partial charge in [-0.3, -0.25) is 4.79 Å². The lowest BCUT2D eigenvalue weighted by atomic mass is 10.2. The zero-order chi connectivity index (χ0) is 20.5. The predicted molar refractivity (Wildman–Crippen MR) is 108 cm³/mol. The number of benzene rings is 2. The Kier molecular flexibility index (Phi) is 5.53. The van der Waals surface area contributed by atoms with Crippen LogP contribution in [0.4, 0.5) is 5.69 Å². The monoisotopic (exact) mass is 422 g/mol. The van der Waals surface area contributed by atoms with Gasteiger partial charge >= 0.3 is 5.91 Å². The Morgan fingerprint density at radius 1 is 1.21 bits per heavy atom. The number of anilines is 1. The molecule has 1 heterocycles. The molecule has 0 aliphatic carbocycles. The summed E-state index contributed by atoms with van der Waals surface area (Å²) in [4.78, 5) is 14.2. The number of hydrogen-bond donors (Lipinski definition) is 1. The van der Waals surface area contributed by atoms with Crippen LogP contribution in [0, 0.1) is 0 Å². The van der Waals surface area contributed by atoms with Crippen molar-refractivity contribution in [3.63, 3.8) is 0 Å². The highest BCUT2D eigenvalue weighted by molar-refractivity contribution is 7.90. The number of para-hydroxylation sites is 1. The molecule has 0 aliphatic rings. The largest absolute Gasteiger partial charge is 0.492 e. The summed E-state index contributed by atoms with van der Waals surface area (Å²) in [5.41, 5.74) is 1.14. The average Bonchev–Trinajstić information content (AvgIpc) is 3.04. The number of rotatable bonds is 6. The van der Waals surface area contributed by atoms with Gasteiger partial charge in [0.05, 0.1) is 17.3 Å². The summed E-state index contributed by atoms with van der Waals surface area (Å²) in [6.45, 7) is 2.03. The van der Waals surface area contributed by atoms with Crippen molar-refractivity contribution in [2.24, 2.45) is 0 Å². The van der Waals surface area contributed by atoms with Gasteiger partial charge in [0, 0.05) is 25.5 Å². The molecule has 9 heteroatoms. The van der Waals surface area contributed by atoms with E-state index in [2.05, 4.69) is 0 Å². The first kappa shape index (κ1) is 20.0. The van der Waals surface area contributed by atoms with Crippen molar-refractivity contribution in [1.82, 2.24) is 4.72 Å². The van der Waals surface area contributed by atoms with Gasteiger partial charge in [-0.2, -0.15) is 0 Å². The molecule has 1 amide bonds. The van der Waals surface area contributed by atoms with E-state index in [9.17, 15) is 13.2 Å². The van der Waals surface area contributed by atoms with Gasteiger partial charge in [-0.15, -0.1) is 0 Å². The minimum absolute atomic E-state index is 0.126. The van der Waals surface area contributed by atoms with E-state index in [0.29, 0.717) is 28.3 Å². The smallest absolute Gasteiger partial charge is 0.300 e. The van der Waals surface area contributed by atoms with Crippen LogP contribution in [-0.4, -0.2) is 35.0 Å². The fourth-order valence-electron chi connectivity index (χ4n) is 2.68. The normalized spacial score (nSPS) is 11.4. The molecule has 148 valence electrons. The van der Waals surface area contributed by atoms with Crippen LogP contribution in [0.2, 0.25) is 5.02 Å². The number of ether oxygens (including phenoxy) is 1. The van der Waals surface area contributed by atoms with Crippen LogP contribution in [0.1, 0.15) is 17.5 Å². The molecule has 2 aromatic carbocycles. The summed E-state index contributed by atoms with van der Waals surface area (Å²) in [7, 11) is -0.496. The van der Waals surface area contributed by atoms with E-state index in [1.54, 1.807) is 36.1 Å². The molecule has 0 saturated carbocycles. The second-order valence-electron chi connectivity index (χ2n) is 6.16. The van der Waals surface area contributed by atoms with Gasteiger partial charge in [0.25, 0.3) is 10.0 Å². The molecule has 0 unspecified atom stereocenters. The van der Waals surface area contributed by atoms with Gasteiger partial charge in [0.2, 0.25) is 0 Å². The fraction of sp³-hybridized carbons (Fsp3) is 0.211. The van der Waals surface area contributed by atoms with Crippen LogP contribution in [0.5, 0.6) is 5.75 Å². The first-order valence-electron chi connectivity index (χ1n) is 8.42. The topological polar surface area (TPSA) is 88.8 Å². The Morgan fingerprint density at radius 3 is 2.61 bits per heavy atom. The minimum Gasteiger partial charge on any atom is -0.492 e. The van der Waals surface area contributed by atoms with Gasteiger partial charge < -0.3 is 14.1 Å². The lowest BCUT2D eigenvalue weighted by molar-refractivity contribution is 0.0956. The lowest BCUT2D eigenvalue weighted by Gasteiger charge is -2.13. The molecule has 3 aromatic rings. The van der Waals surface area contributed by atoms with Gasteiger partial charge in [-0.1, -0.05) is 23.7 Å². The highest BCUT2D eigenvalue weighted by atomic mass is 35.5. The Labute approximate surface area is 167 Å². The zero-order valence-corrected chi connectivity index (χ0v) is 17.1. The standard InChI is InChI=1S/C19H19ClN2O5S/c1-4-26-15-7-5-6-8-18(15)28(24,25)21-19(23)17-10-12-9-13(20)14(22(2)3)11-16(12)27-17/h5-11H,4H2,1-3H3,(H,21,23). The van der Waals surface area contributed by atoms with Crippen LogP contribution < -0.4 is 14.4 Å². The fourth-order valence-corrected chi connectivity index (χ4v) is 4.12. The second kappa shape index (κ2) is 7.73. The molecule has 0 fully saturated rings. The number of amides is 1. The second-order valence-corrected chi connectivity index (χ2v) is 8.22. The summed E-state index contributed by atoms with van der Waals surface area (Å²) < 4.78 is 38.2. The van der Waals surface area contributed by atoms with Gasteiger partial charge in [-0.25, -0.2) is 13.1 Å². The first-order valence-corrected chi connectivity index (χ1v) is 10.3. The number of furan rings is 1. The van der Waals surface area contributed by atoms with Crippen molar-refractivity contribution < 1.29 is 22.4 Å². The van der Waals surface area contributed by atoms with Crippen LogP contribution in [0.25, 0.3) is 11.0 Å². The maximum absolute atomic E-state index is 12.6. The van der Waals surface area contributed by atoms with E-state index in [1.165, 1.54) is 18.2 Å². The molecular formula is C19H19ClN2O5S. The molecule has 0 aliphatic heterocycles. The van der Waals surface area contributed by atoms with Crippen LogP contribution in [0.3, 0.4) is 0 Å². The summed E-state index contributed by atoms with van der Waals surface area (Å²) in [6, 6.07) is 10.9. The highest BCUT2D eigenvalue weighted by Crippen LogP contribution is 2.32. The molecule has 1 N–H and O–H groups in total. The molecule has 28 heavy (non-hydrogen) atoms. The number of nitrogens with zero attached hydrogens (tertiary/aromatic N) is 1. The Bertz CT molecular complexity index is 1140. The lowest BCUT2D eigenvalue weighted by Crippen LogP contribution is -2.30. The predicted octanol–water partition coefficient (Wildman–Crippen LogP) is 3.67. The van der Waals surface area contributed by atoms with E-state index in [-0.39, 0.29) is 16.4 Å². The van der Waals surface area contributed by atoms with Crippen molar-refractivity contribution >= 4 is 44.2 Å². The van der Waals surface area contributed by atoms with Crippen molar-refractivity contribution in [2.75, 3.05) is 25.6 Å². The molecule has 0 spiro atoms. The third-order valence-corrected chi connectivity index (χ3v) is 5.63. The summed E-state index contributed by atoms with van der Waals surface area (Å²) in [5, 5.41) is 1.08. The van der Waals surface area contributed by atoms with Gasteiger partial charge in [0.15, 0.2) is 5.76 Å². The molecule has 0 radical (unpaired) electrons. The number of sulfonamides is 1. The van der Waals surface area contributed by atoms with E-state index in [4.69, 9.17) is 20.8 Å². The maximum Gasteiger partial charge on any atom is 0.300 e. The molecule has 1 aromatic heterocycles. The molecule has 7 nitrogen and oxygen atoms in total. The first-order chi connectivity index (χ1) is 13.2. The van der Waals surface area contributed by atoms with Crippen molar-refractivity contribution in [3.8, 4) is 5.75 Å². The highest BCUT2D eigenvalue weighted by Gasteiger charge is 2.24. The minimum atomic E-state index is -4.15. The van der Waals surface area contributed by atoms with Crippen molar-refractivity contribution in [3.05, 3.63) is 53.2 Å². The van der Waals surface area contributed by atoms with E-state index in [1.807, 2.05) is 18.8 Å². The third kappa shape index (κ3) is 3.93. The van der Waals surface area contributed by atoms with E-state index >= 15 is 0 Å². The Hall–Kier alpha value is -2.71. The molecular weight excluding hydrogens is 404 g/mol. The molecule has 0 bridgehead atoms. The molecule has 3 rings (SSSR count). The Morgan fingerprint density at radius 2 is 1.93 bits per heavy atom. The van der Waals surface area contributed by atoms with Crippen LogP contribution in [-0.2, 0) is 10.0 Å². The zero-order valence-electron chi connectivity index (χ0n) is 15.5. The van der Waals surface area contributed by atoms with Crippen LogP contribution in [0.15, 0.2) is 51.8 Å². The van der Waals surface area contributed by atoms with Gasteiger partial charge in [-0.05, 0) is 31.2 Å². The number of nitrogens with one attached hydrogen (secondary N) is 1. The number of halogens is 1. The number of carbonyl (C=O) groups excluding carboxylic acids is 1. The SMILES string of the molecule is CCOc1ccccc1S(=O)(=O)NC(=O)c1cc2cc(Cl)c(N(C)C)cc2o1. The van der Waals surface area contributed by atoms with E-state index in [0.717, 1.165) is 0 Å². The molecule has 0 saturated heterocycles. The summed E-state index contributed by atoms with van der Waals surface area (Å²) in [5.74, 6) is -0.859.